The number of carbonyl (C=O) groups excluding carboxylic acids is 1. The van der Waals surface area contributed by atoms with Crippen molar-refractivity contribution in [2.45, 2.75) is 19.0 Å². The van der Waals surface area contributed by atoms with Crippen molar-refractivity contribution in [1.82, 2.24) is 4.90 Å². The van der Waals surface area contributed by atoms with Crippen molar-refractivity contribution in [1.29, 1.82) is 0 Å². The van der Waals surface area contributed by atoms with Crippen molar-refractivity contribution in [3.63, 3.8) is 0 Å². The molecule has 0 bridgehead atoms. The molecule has 0 radical (unpaired) electrons. The number of carboxylic acid groups (broad SMARTS) is 1. The largest absolute Gasteiger partial charge is 0.480 e. The van der Waals surface area contributed by atoms with Crippen molar-refractivity contribution >= 4 is 17.7 Å². The van der Waals surface area contributed by atoms with Crippen LogP contribution in [0.2, 0.25) is 0 Å². The molecule has 0 spiro atoms. The average molecular weight is 296 g/mol. The Morgan fingerprint density at radius 2 is 1.64 bits per heavy atom. The fourth-order valence-corrected chi connectivity index (χ4v) is 2.67. The second kappa shape index (κ2) is 5.89. The summed E-state index contributed by atoms with van der Waals surface area (Å²) >= 11 is 0. The predicted octanol–water partition coefficient (Wildman–Crippen LogP) is 2.73. The standard InChI is InChI=1S/C17H16N2O3/c20-16(21)15-10-12-6-4-5-7-13(12)11-19(15)17(22)18-14-8-2-1-3-9-14/h1-9,15H,10-11H2,(H,18,22)(H,20,21). The van der Waals surface area contributed by atoms with Gasteiger partial charge in [0.1, 0.15) is 6.04 Å². The first-order chi connectivity index (χ1) is 10.6. The Morgan fingerprint density at radius 1 is 1.00 bits per heavy atom. The van der Waals surface area contributed by atoms with Crippen LogP contribution in [0.25, 0.3) is 0 Å². The number of hydrogen-bond acceptors (Lipinski definition) is 2. The number of para-hydroxylation sites is 1. The number of carbonyl (C=O) groups is 2. The summed E-state index contributed by atoms with van der Waals surface area (Å²) in [4.78, 5) is 25.3. The maximum atomic E-state index is 12.4. The molecule has 1 atom stereocenters. The van der Waals surface area contributed by atoms with Crippen LogP contribution in [0.1, 0.15) is 11.1 Å². The van der Waals surface area contributed by atoms with Gasteiger partial charge in [-0.05, 0) is 23.3 Å². The number of nitrogens with zero attached hydrogens (tertiary/aromatic N) is 1. The van der Waals surface area contributed by atoms with Gasteiger partial charge in [0, 0.05) is 18.7 Å². The Bertz CT molecular complexity index is 700. The van der Waals surface area contributed by atoms with Crippen LogP contribution >= 0.6 is 0 Å². The Kier molecular flexibility index (Phi) is 3.78. The van der Waals surface area contributed by atoms with Crippen molar-refractivity contribution in [2.24, 2.45) is 0 Å². The second-order valence-electron chi connectivity index (χ2n) is 5.25. The number of aliphatic carboxylic acids is 1. The average Bonchev–Trinajstić information content (AvgIpc) is 2.54. The van der Waals surface area contributed by atoms with Gasteiger partial charge >= 0.3 is 12.0 Å². The summed E-state index contributed by atoms with van der Waals surface area (Å²) in [6.45, 7) is 0.297. The van der Waals surface area contributed by atoms with E-state index in [1.807, 2.05) is 42.5 Å². The topological polar surface area (TPSA) is 69.6 Å². The maximum absolute atomic E-state index is 12.4. The van der Waals surface area contributed by atoms with E-state index in [1.165, 1.54) is 4.90 Å². The lowest BCUT2D eigenvalue weighted by atomic mass is 9.94. The second-order valence-corrected chi connectivity index (χ2v) is 5.25. The van der Waals surface area contributed by atoms with E-state index >= 15 is 0 Å². The first-order valence-electron chi connectivity index (χ1n) is 7.07. The number of carboxylic acids is 1. The number of benzene rings is 2. The molecular weight excluding hydrogens is 280 g/mol. The zero-order valence-corrected chi connectivity index (χ0v) is 11.9. The van der Waals surface area contributed by atoms with E-state index in [-0.39, 0.29) is 0 Å². The third kappa shape index (κ3) is 2.79. The highest BCUT2D eigenvalue weighted by molar-refractivity contribution is 5.92. The number of hydrogen-bond donors (Lipinski definition) is 2. The number of anilines is 1. The highest BCUT2D eigenvalue weighted by Gasteiger charge is 2.34. The molecule has 0 saturated carbocycles. The van der Waals surface area contributed by atoms with Crippen LogP contribution in [0, 0.1) is 0 Å². The zero-order valence-electron chi connectivity index (χ0n) is 11.9. The molecule has 1 aliphatic heterocycles. The molecule has 2 aromatic carbocycles. The van der Waals surface area contributed by atoms with Crippen LogP contribution in [0.15, 0.2) is 54.6 Å². The first-order valence-corrected chi connectivity index (χ1v) is 7.07. The van der Waals surface area contributed by atoms with Crippen LogP contribution in [0.3, 0.4) is 0 Å². The molecule has 0 aliphatic carbocycles. The third-order valence-corrected chi connectivity index (χ3v) is 3.82. The minimum atomic E-state index is -0.988. The maximum Gasteiger partial charge on any atom is 0.326 e. The number of fused-ring (bicyclic) bond motifs is 1. The SMILES string of the molecule is O=C(O)C1Cc2ccccc2CN1C(=O)Nc1ccccc1. The molecule has 112 valence electrons. The lowest BCUT2D eigenvalue weighted by molar-refractivity contribution is -0.142. The van der Waals surface area contributed by atoms with Crippen molar-refractivity contribution < 1.29 is 14.7 Å². The summed E-state index contributed by atoms with van der Waals surface area (Å²) < 4.78 is 0. The van der Waals surface area contributed by atoms with E-state index in [9.17, 15) is 14.7 Å². The molecule has 1 unspecified atom stereocenters. The molecule has 3 rings (SSSR count). The summed E-state index contributed by atoms with van der Waals surface area (Å²) in [7, 11) is 0. The number of nitrogens with one attached hydrogen (secondary N) is 1. The molecule has 0 aromatic heterocycles. The van der Waals surface area contributed by atoms with Gasteiger partial charge < -0.3 is 15.3 Å². The minimum absolute atomic E-state index is 0.297. The minimum Gasteiger partial charge on any atom is -0.480 e. The lowest BCUT2D eigenvalue weighted by Gasteiger charge is -2.34. The van der Waals surface area contributed by atoms with Gasteiger partial charge in [0.15, 0.2) is 0 Å². The summed E-state index contributed by atoms with van der Waals surface area (Å²) in [5.74, 6) is -0.988. The molecule has 0 saturated heterocycles. The number of rotatable bonds is 2. The molecule has 2 aromatic rings. The quantitative estimate of drug-likeness (QED) is 0.895. The van der Waals surface area contributed by atoms with Crippen molar-refractivity contribution in [2.75, 3.05) is 5.32 Å². The molecule has 2 N–H and O–H groups in total. The molecule has 22 heavy (non-hydrogen) atoms. The Balaban J connectivity index is 1.84. The normalized spacial score (nSPS) is 16.7. The van der Waals surface area contributed by atoms with E-state index in [1.54, 1.807) is 12.1 Å². The molecule has 2 amide bonds. The van der Waals surface area contributed by atoms with Gasteiger partial charge in [0.25, 0.3) is 0 Å². The Hall–Kier alpha value is -2.82. The zero-order chi connectivity index (χ0) is 15.5. The Morgan fingerprint density at radius 3 is 2.32 bits per heavy atom. The first kappa shape index (κ1) is 14.1. The molecule has 5 nitrogen and oxygen atoms in total. The molecular formula is C17H16N2O3. The van der Waals surface area contributed by atoms with Crippen molar-refractivity contribution in [3.05, 3.63) is 65.7 Å². The van der Waals surface area contributed by atoms with Gasteiger partial charge in [-0.25, -0.2) is 9.59 Å². The fourth-order valence-electron chi connectivity index (χ4n) is 2.67. The fraction of sp³-hybridized carbons (Fsp3) is 0.176. The smallest absolute Gasteiger partial charge is 0.326 e. The molecule has 0 fully saturated rings. The number of urea groups is 1. The molecule has 1 aliphatic rings. The van der Waals surface area contributed by atoms with Crippen LogP contribution in [-0.4, -0.2) is 28.0 Å². The van der Waals surface area contributed by atoms with E-state index < -0.39 is 18.0 Å². The van der Waals surface area contributed by atoms with Crippen LogP contribution in [-0.2, 0) is 17.8 Å². The van der Waals surface area contributed by atoms with E-state index in [0.717, 1.165) is 11.1 Å². The summed E-state index contributed by atoms with van der Waals surface area (Å²) in [6.07, 6.45) is 0.327. The van der Waals surface area contributed by atoms with Crippen LogP contribution < -0.4 is 5.32 Å². The van der Waals surface area contributed by atoms with Gasteiger partial charge in [0.2, 0.25) is 0 Å². The van der Waals surface area contributed by atoms with Gasteiger partial charge in [-0.3, -0.25) is 0 Å². The van der Waals surface area contributed by atoms with E-state index in [4.69, 9.17) is 0 Å². The number of amides is 2. The van der Waals surface area contributed by atoms with Gasteiger partial charge in [-0.15, -0.1) is 0 Å². The van der Waals surface area contributed by atoms with Crippen LogP contribution in [0.4, 0.5) is 10.5 Å². The summed E-state index contributed by atoms with van der Waals surface area (Å²) in [6, 6.07) is 15.4. The molecule has 5 heteroatoms. The summed E-state index contributed by atoms with van der Waals surface area (Å²) in [5, 5.41) is 12.2. The molecule has 1 heterocycles. The van der Waals surface area contributed by atoms with Crippen LogP contribution in [0.5, 0.6) is 0 Å². The van der Waals surface area contributed by atoms with E-state index in [2.05, 4.69) is 5.32 Å². The summed E-state index contributed by atoms with van der Waals surface area (Å²) in [5.41, 5.74) is 2.62. The highest BCUT2D eigenvalue weighted by atomic mass is 16.4. The highest BCUT2D eigenvalue weighted by Crippen LogP contribution is 2.24. The van der Waals surface area contributed by atoms with Crippen molar-refractivity contribution in [3.8, 4) is 0 Å². The van der Waals surface area contributed by atoms with Gasteiger partial charge in [0.05, 0.1) is 0 Å². The van der Waals surface area contributed by atoms with Gasteiger partial charge in [-0.2, -0.15) is 0 Å². The Labute approximate surface area is 128 Å². The van der Waals surface area contributed by atoms with Gasteiger partial charge in [-0.1, -0.05) is 42.5 Å². The monoisotopic (exact) mass is 296 g/mol. The lowest BCUT2D eigenvalue weighted by Crippen LogP contribution is -2.50. The third-order valence-electron chi connectivity index (χ3n) is 3.82. The predicted molar refractivity (Wildman–Crippen MR) is 82.6 cm³/mol. The van der Waals surface area contributed by atoms with E-state index in [0.29, 0.717) is 18.7 Å².